The standard InChI is InChI=1S/C23H27FN2O3/c1-13(2)25-19-8-6-17(7-9-19)20-11-14(3)18(10-15(20)4)12-21(24)22(27)26-16(5)23(28)29/h6-13,16,25H,1-5H3,(H,26,27)(H,28,29)/b21-12-/t16-/m1/s1. The first-order chi connectivity index (χ1) is 13.6. The van der Waals surface area contributed by atoms with E-state index in [0.717, 1.165) is 34.0 Å². The second kappa shape index (κ2) is 9.37. The maximum Gasteiger partial charge on any atom is 0.325 e. The fourth-order valence-electron chi connectivity index (χ4n) is 2.91. The molecule has 0 saturated carbocycles. The van der Waals surface area contributed by atoms with Crippen molar-refractivity contribution in [3.63, 3.8) is 0 Å². The number of anilines is 1. The Morgan fingerprint density at radius 1 is 1.03 bits per heavy atom. The van der Waals surface area contributed by atoms with E-state index in [2.05, 4.69) is 24.5 Å². The zero-order valence-corrected chi connectivity index (χ0v) is 17.3. The molecule has 0 radical (unpaired) electrons. The smallest absolute Gasteiger partial charge is 0.325 e. The molecule has 0 aromatic heterocycles. The van der Waals surface area contributed by atoms with Crippen LogP contribution < -0.4 is 10.6 Å². The summed E-state index contributed by atoms with van der Waals surface area (Å²) in [6.45, 7) is 9.20. The molecule has 3 N–H and O–H groups in total. The minimum atomic E-state index is -1.22. The van der Waals surface area contributed by atoms with Gasteiger partial charge in [-0.05, 0) is 80.6 Å². The fraction of sp³-hybridized carbons (Fsp3) is 0.304. The van der Waals surface area contributed by atoms with Gasteiger partial charge in [0.05, 0.1) is 0 Å². The van der Waals surface area contributed by atoms with E-state index in [9.17, 15) is 14.0 Å². The van der Waals surface area contributed by atoms with Gasteiger partial charge in [0, 0.05) is 11.7 Å². The molecule has 0 saturated heterocycles. The molecule has 154 valence electrons. The van der Waals surface area contributed by atoms with Crippen molar-refractivity contribution in [3.8, 4) is 11.1 Å². The topological polar surface area (TPSA) is 78.4 Å². The number of halogens is 1. The number of carboxylic acid groups (broad SMARTS) is 1. The SMILES string of the molecule is Cc1cc(-c2ccc(NC(C)C)cc2)c(C)cc1/C=C(\F)C(=O)N[C@H](C)C(=O)O. The van der Waals surface area contributed by atoms with Crippen LogP contribution in [0.3, 0.4) is 0 Å². The van der Waals surface area contributed by atoms with E-state index in [0.29, 0.717) is 11.6 Å². The maximum absolute atomic E-state index is 14.2. The quantitative estimate of drug-likeness (QED) is 0.591. The molecule has 0 bridgehead atoms. The third-order valence-electron chi connectivity index (χ3n) is 4.48. The molecule has 0 heterocycles. The van der Waals surface area contributed by atoms with Gasteiger partial charge in [0.2, 0.25) is 0 Å². The van der Waals surface area contributed by atoms with Crippen LogP contribution in [0, 0.1) is 13.8 Å². The van der Waals surface area contributed by atoms with Crippen molar-refractivity contribution in [1.29, 1.82) is 0 Å². The highest BCUT2D eigenvalue weighted by atomic mass is 19.1. The van der Waals surface area contributed by atoms with Crippen molar-refractivity contribution in [2.24, 2.45) is 0 Å². The Kier molecular flexibility index (Phi) is 7.15. The lowest BCUT2D eigenvalue weighted by Crippen LogP contribution is -2.38. The van der Waals surface area contributed by atoms with Crippen LogP contribution in [-0.4, -0.2) is 29.1 Å². The Hall–Kier alpha value is -3.15. The van der Waals surface area contributed by atoms with Crippen molar-refractivity contribution in [3.05, 3.63) is 58.9 Å². The summed E-state index contributed by atoms with van der Waals surface area (Å²) in [6.07, 6.45) is 1.13. The van der Waals surface area contributed by atoms with E-state index in [1.165, 1.54) is 6.92 Å². The molecule has 0 aliphatic rings. The highest BCUT2D eigenvalue weighted by molar-refractivity contribution is 5.97. The number of aryl methyl sites for hydroxylation is 2. The summed E-state index contributed by atoms with van der Waals surface area (Å²) < 4.78 is 14.2. The van der Waals surface area contributed by atoms with E-state index in [-0.39, 0.29) is 0 Å². The van der Waals surface area contributed by atoms with Crippen molar-refractivity contribution in [1.82, 2.24) is 5.32 Å². The van der Waals surface area contributed by atoms with Crippen molar-refractivity contribution in [2.75, 3.05) is 5.32 Å². The summed E-state index contributed by atoms with van der Waals surface area (Å²) in [5.74, 6) is -3.30. The number of nitrogens with one attached hydrogen (secondary N) is 2. The molecule has 0 unspecified atom stereocenters. The number of hydrogen-bond donors (Lipinski definition) is 3. The second-order valence-corrected chi connectivity index (χ2v) is 7.43. The van der Waals surface area contributed by atoms with Crippen LogP contribution in [-0.2, 0) is 9.59 Å². The summed E-state index contributed by atoms with van der Waals surface area (Å²) in [6, 6.07) is 11.1. The van der Waals surface area contributed by atoms with Gasteiger partial charge in [0.1, 0.15) is 6.04 Å². The minimum absolute atomic E-state index is 0.349. The number of carbonyl (C=O) groups excluding carboxylic acids is 1. The number of amides is 1. The van der Waals surface area contributed by atoms with E-state index >= 15 is 0 Å². The molecule has 5 nitrogen and oxygen atoms in total. The van der Waals surface area contributed by atoms with Crippen LogP contribution in [0.5, 0.6) is 0 Å². The van der Waals surface area contributed by atoms with Crippen LogP contribution in [0.4, 0.5) is 10.1 Å². The average molecular weight is 398 g/mol. The number of benzene rings is 2. The summed E-state index contributed by atoms with van der Waals surface area (Å²) in [7, 11) is 0. The van der Waals surface area contributed by atoms with E-state index in [4.69, 9.17) is 5.11 Å². The second-order valence-electron chi connectivity index (χ2n) is 7.43. The Morgan fingerprint density at radius 2 is 1.66 bits per heavy atom. The van der Waals surface area contributed by atoms with Gasteiger partial charge in [-0.2, -0.15) is 0 Å². The monoisotopic (exact) mass is 398 g/mol. The Labute approximate surface area is 170 Å². The maximum atomic E-state index is 14.2. The van der Waals surface area contributed by atoms with Gasteiger partial charge in [-0.1, -0.05) is 24.3 Å². The number of rotatable bonds is 7. The van der Waals surface area contributed by atoms with E-state index in [1.54, 1.807) is 0 Å². The zero-order valence-electron chi connectivity index (χ0n) is 17.3. The number of aliphatic carboxylic acids is 1. The molecule has 6 heteroatoms. The van der Waals surface area contributed by atoms with E-state index < -0.39 is 23.7 Å². The van der Waals surface area contributed by atoms with Gasteiger partial charge >= 0.3 is 5.97 Å². The van der Waals surface area contributed by atoms with Crippen LogP contribution in [0.25, 0.3) is 17.2 Å². The predicted molar refractivity (Wildman–Crippen MR) is 114 cm³/mol. The fourth-order valence-corrected chi connectivity index (χ4v) is 2.91. The highest BCUT2D eigenvalue weighted by Crippen LogP contribution is 2.29. The van der Waals surface area contributed by atoms with Crippen molar-refractivity contribution in [2.45, 2.75) is 46.7 Å². The van der Waals surface area contributed by atoms with Gasteiger partial charge in [0.15, 0.2) is 5.83 Å². The Balaban J connectivity index is 2.27. The predicted octanol–water partition coefficient (Wildman–Crippen LogP) is 4.69. The van der Waals surface area contributed by atoms with Crippen LogP contribution >= 0.6 is 0 Å². The molecule has 29 heavy (non-hydrogen) atoms. The molecule has 2 rings (SSSR count). The molecular weight excluding hydrogens is 371 g/mol. The van der Waals surface area contributed by atoms with Gasteiger partial charge in [-0.25, -0.2) is 4.39 Å². The first kappa shape index (κ1) is 22.1. The lowest BCUT2D eigenvalue weighted by atomic mass is 9.94. The average Bonchev–Trinajstić information content (AvgIpc) is 2.64. The summed E-state index contributed by atoms with van der Waals surface area (Å²) in [5.41, 5.74) is 5.44. The number of carboxylic acids is 1. The molecule has 2 aromatic rings. The Morgan fingerprint density at radius 3 is 2.21 bits per heavy atom. The van der Waals surface area contributed by atoms with E-state index in [1.807, 2.05) is 50.2 Å². The Bertz CT molecular complexity index is 934. The summed E-state index contributed by atoms with van der Waals surface area (Å²) >= 11 is 0. The van der Waals surface area contributed by atoms with Crippen molar-refractivity contribution >= 4 is 23.6 Å². The minimum Gasteiger partial charge on any atom is -0.480 e. The molecule has 2 aromatic carbocycles. The van der Waals surface area contributed by atoms with Crippen LogP contribution in [0.2, 0.25) is 0 Å². The number of hydrogen-bond acceptors (Lipinski definition) is 3. The molecular formula is C23H27FN2O3. The summed E-state index contributed by atoms with van der Waals surface area (Å²) in [4.78, 5) is 22.6. The first-order valence-corrected chi connectivity index (χ1v) is 9.47. The van der Waals surface area contributed by atoms with Gasteiger partial charge in [-0.3, -0.25) is 9.59 Å². The van der Waals surface area contributed by atoms with Crippen LogP contribution in [0.1, 0.15) is 37.5 Å². The zero-order chi connectivity index (χ0) is 21.7. The molecule has 0 aliphatic carbocycles. The van der Waals surface area contributed by atoms with Gasteiger partial charge < -0.3 is 15.7 Å². The number of carbonyl (C=O) groups is 2. The molecule has 0 fully saturated rings. The van der Waals surface area contributed by atoms with Crippen molar-refractivity contribution < 1.29 is 19.1 Å². The molecule has 0 aliphatic heterocycles. The highest BCUT2D eigenvalue weighted by Gasteiger charge is 2.17. The van der Waals surface area contributed by atoms with Crippen LogP contribution in [0.15, 0.2) is 42.2 Å². The first-order valence-electron chi connectivity index (χ1n) is 9.47. The molecule has 0 spiro atoms. The van der Waals surface area contributed by atoms with Gasteiger partial charge in [-0.15, -0.1) is 0 Å². The summed E-state index contributed by atoms with van der Waals surface area (Å²) in [5, 5.41) is 14.3. The third kappa shape index (κ3) is 5.91. The lowest BCUT2D eigenvalue weighted by Gasteiger charge is -2.13. The largest absolute Gasteiger partial charge is 0.480 e. The van der Waals surface area contributed by atoms with Gasteiger partial charge in [0.25, 0.3) is 5.91 Å². The lowest BCUT2D eigenvalue weighted by molar-refractivity contribution is -0.140. The molecule has 1 amide bonds. The molecule has 1 atom stereocenters. The third-order valence-corrected chi connectivity index (χ3v) is 4.48. The normalized spacial score (nSPS) is 12.6.